The second-order valence-corrected chi connectivity index (χ2v) is 28.5. The standard InChI is InChI=1S/C84H145NO18/c1-3-5-7-9-11-13-15-17-19-21-22-23-24-25-26-27-28-29-30-31-32-33-34-35-36-37-38-39-40-41-42-43-44-46-48-50-52-54-56-58-60-62-72(90)85-67(68(89)61-59-57-55-53-51-49-47-45-20-18-16-14-12-10-8-6-4-2)66-98-82-78(96)75(93)80(70(64-87)100-82)103-84-79(97)76(94)81(71(65-88)101-84)102-83-77(95)74(92)73(91)69(63-86)99-83/h5,7,11,13,17,19,22-23,25-26,28-29,31-32,34-35,59,61,67-71,73-84,86-89,91-97H,3-4,6,8-10,12,14-16,18,20-21,24,27,30,33,36-58,60,62-66H2,1-2H3,(H,85,90)/b7-5-,13-11-,19-17-,23-22-,26-25-,29-28-,32-31-,35-34-,61-59+. The van der Waals surface area contributed by atoms with Crippen molar-refractivity contribution in [2.75, 3.05) is 26.4 Å². The number of ether oxygens (including phenoxy) is 6. The van der Waals surface area contributed by atoms with Gasteiger partial charge in [-0.25, -0.2) is 0 Å². The highest BCUT2D eigenvalue weighted by Crippen LogP contribution is 2.33. The Hall–Kier alpha value is -3.55. The van der Waals surface area contributed by atoms with Crippen LogP contribution in [-0.2, 0) is 33.2 Å². The van der Waals surface area contributed by atoms with E-state index in [2.05, 4.69) is 116 Å². The molecule has 0 radical (unpaired) electrons. The van der Waals surface area contributed by atoms with Gasteiger partial charge in [0.25, 0.3) is 0 Å². The lowest BCUT2D eigenvalue weighted by Crippen LogP contribution is -2.66. The first-order valence-corrected chi connectivity index (χ1v) is 40.6. The molecule has 0 saturated carbocycles. The largest absolute Gasteiger partial charge is 0.394 e. The second-order valence-electron chi connectivity index (χ2n) is 28.5. The number of hydrogen-bond donors (Lipinski definition) is 12. The maximum absolute atomic E-state index is 13.5. The van der Waals surface area contributed by atoms with Gasteiger partial charge in [-0.05, 0) is 83.5 Å². The van der Waals surface area contributed by atoms with Gasteiger partial charge in [-0.15, -0.1) is 0 Å². The fourth-order valence-electron chi connectivity index (χ4n) is 13.1. The van der Waals surface area contributed by atoms with Crippen LogP contribution in [0.4, 0.5) is 0 Å². The first kappa shape index (κ1) is 93.7. The first-order chi connectivity index (χ1) is 50.3. The van der Waals surface area contributed by atoms with Crippen LogP contribution >= 0.6 is 0 Å². The van der Waals surface area contributed by atoms with Crippen LogP contribution < -0.4 is 5.32 Å². The first-order valence-electron chi connectivity index (χ1n) is 40.6. The van der Waals surface area contributed by atoms with Crippen LogP contribution in [0.3, 0.4) is 0 Å². The molecule has 17 atom stereocenters. The van der Waals surface area contributed by atoms with Gasteiger partial charge >= 0.3 is 0 Å². The highest BCUT2D eigenvalue weighted by molar-refractivity contribution is 5.76. The minimum atomic E-state index is -1.98. The van der Waals surface area contributed by atoms with E-state index in [0.717, 1.165) is 96.3 Å². The molecule has 0 aromatic heterocycles. The molecule has 19 heteroatoms. The summed E-state index contributed by atoms with van der Waals surface area (Å²) in [4.78, 5) is 13.5. The SMILES string of the molecule is CC/C=C\C/C=C\C/C=C\C/C=C\C/C=C\C/C=C\C/C=C\C/C=C\CCCCCCCCCCCCCCCCCCC(=O)NC(COC1OC(CO)C(OC2OC(CO)C(OC3OC(CO)C(O)C(O)C3O)C(O)C2O)C(O)C1O)C(O)/C=C/CCCCCCCCCCCCCCCCC. The van der Waals surface area contributed by atoms with Crippen LogP contribution in [0.2, 0.25) is 0 Å². The molecular formula is C84H145NO18. The summed E-state index contributed by atoms with van der Waals surface area (Å²) in [6, 6.07) is -0.978. The zero-order chi connectivity index (χ0) is 74.6. The van der Waals surface area contributed by atoms with E-state index in [-0.39, 0.29) is 18.9 Å². The van der Waals surface area contributed by atoms with Crippen molar-refractivity contribution < 1.29 is 89.4 Å². The molecule has 0 aliphatic carbocycles. The van der Waals surface area contributed by atoms with Crippen molar-refractivity contribution in [1.29, 1.82) is 0 Å². The third kappa shape index (κ3) is 43.3. The fraction of sp³-hybridized carbons (Fsp3) is 0.774. The van der Waals surface area contributed by atoms with Gasteiger partial charge in [-0.2, -0.15) is 0 Å². The topological polar surface area (TPSA) is 307 Å². The summed E-state index contributed by atoms with van der Waals surface area (Å²) in [5.74, 6) is -0.276. The Bertz CT molecular complexity index is 2290. The predicted octanol–water partition coefficient (Wildman–Crippen LogP) is 13.7. The number of hydrogen-bond acceptors (Lipinski definition) is 18. The molecule has 19 nitrogen and oxygen atoms in total. The molecule has 3 aliphatic rings. The van der Waals surface area contributed by atoms with Crippen LogP contribution in [0, 0.1) is 0 Å². The third-order valence-electron chi connectivity index (χ3n) is 19.6. The average molecular weight is 1460 g/mol. The molecule has 103 heavy (non-hydrogen) atoms. The quantitative estimate of drug-likeness (QED) is 0.0199. The number of rotatable bonds is 63. The van der Waals surface area contributed by atoms with Gasteiger partial charge in [0.1, 0.15) is 73.2 Å². The highest BCUT2D eigenvalue weighted by Gasteiger charge is 2.54. The molecule has 3 aliphatic heterocycles. The average Bonchev–Trinajstić information content (AvgIpc) is 0.782. The van der Waals surface area contributed by atoms with Crippen molar-refractivity contribution in [1.82, 2.24) is 5.32 Å². The number of nitrogens with one attached hydrogen (secondary N) is 1. The molecule has 17 unspecified atom stereocenters. The number of aliphatic hydroxyl groups is 11. The Kier molecular flexibility index (Phi) is 57.6. The van der Waals surface area contributed by atoms with Crippen LogP contribution in [0.25, 0.3) is 0 Å². The number of aliphatic hydroxyl groups excluding tert-OH is 11. The molecule has 0 bridgehead atoms. The van der Waals surface area contributed by atoms with E-state index in [4.69, 9.17) is 28.4 Å². The minimum absolute atomic E-state index is 0.240. The molecular weight excluding hydrogens is 1310 g/mol. The lowest BCUT2D eigenvalue weighted by Gasteiger charge is -2.48. The summed E-state index contributed by atoms with van der Waals surface area (Å²) in [5.41, 5.74) is 0. The van der Waals surface area contributed by atoms with Crippen molar-refractivity contribution in [3.8, 4) is 0 Å². The third-order valence-corrected chi connectivity index (χ3v) is 19.6. The van der Waals surface area contributed by atoms with E-state index >= 15 is 0 Å². The normalized spacial score (nSPS) is 26.6. The van der Waals surface area contributed by atoms with Crippen molar-refractivity contribution in [3.05, 3.63) is 109 Å². The fourth-order valence-corrected chi connectivity index (χ4v) is 13.1. The molecule has 594 valence electrons. The number of carbonyl (C=O) groups excluding carboxylic acids is 1. The van der Waals surface area contributed by atoms with Crippen molar-refractivity contribution >= 4 is 5.91 Å². The lowest BCUT2D eigenvalue weighted by molar-refractivity contribution is -0.379. The molecule has 3 saturated heterocycles. The molecule has 0 spiro atoms. The van der Waals surface area contributed by atoms with E-state index in [1.54, 1.807) is 6.08 Å². The predicted molar refractivity (Wildman–Crippen MR) is 410 cm³/mol. The zero-order valence-corrected chi connectivity index (χ0v) is 63.5. The van der Waals surface area contributed by atoms with E-state index in [1.165, 1.54) is 161 Å². The Morgan fingerprint density at radius 3 is 1.05 bits per heavy atom. The molecule has 0 aromatic rings. The smallest absolute Gasteiger partial charge is 0.220 e. The Labute approximate surface area is 621 Å². The van der Waals surface area contributed by atoms with E-state index in [1.807, 2.05) is 6.08 Å². The van der Waals surface area contributed by atoms with Gasteiger partial charge in [0, 0.05) is 6.42 Å². The summed E-state index contributed by atoms with van der Waals surface area (Å²) in [5, 5.41) is 121. The van der Waals surface area contributed by atoms with Crippen LogP contribution in [0.5, 0.6) is 0 Å². The number of allylic oxidation sites excluding steroid dienone is 17. The lowest BCUT2D eigenvalue weighted by atomic mass is 9.96. The van der Waals surface area contributed by atoms with Crippen molar-refractivity contribution in [3.63, 3.8) is 0 Å². The van der Waals surface area contributed by atoms with Gasteiger partial charge in [0.2, 0.25) is 5.91 Å². The maximum Gasteiger partial charge on any atom is 0.220 e. The monoisotopic (exact) mass is 1460 g/mol. The van der Waals surface area contributed by atoms with E-state index in [0.29, 0.717) is 6.42 Å². The summed E-state index contributed by atoms with van der Waals surface area (Å²) in [7, 11) is 0. The molecule has 3 heterocycles. The minimum Gasteiger partial charge on any atom is -0.394 e. The van der Waals surface area contributed by atoms with Gasteiger partial charge in [0.05, 0.1) is 38.6 Å². The molecule has 3 fully saturated rings. The zero-order valence-electron chi connectivity index (χ0n) is 63.5. The molecule has 1 amide bonds. The number of amides is 1. The number of carbonyl (C=O) groups is 1. The highest BCUT2D eigenvalue weighted by atomic mass is 16.8. The van der Waals surface area contributed by atoms with Crippen molar-refractivity contribution in [2.45, 2.75) is 388 Å². The Morgan fingerprint density at radius 1 is 0.359 bits per heavy atom. The van der Waals surface area contributed by atoms with Gasteiger partial charge in [0.15, 0.2) is 18.9 Å². The van der Waals surface area contributed by atoms with E-state index in [9.17, 15) is 61.0 Å². The van der Waals surface area contributed by atoms with Crippen molar-refractivity contribution in [2.24, 2.45) is 0 Å². The Morgan fingerprint density at radius 2 is 0.670 bits per heavy atom. The summed E-state index contributed by atoms with van der Waals surface area (Å²) in [6.45, 7) is 1.63. The van der Waals surface area contributed by atoms with E-state index < -0.39 is 124 Å². The summed E-state index contributed by atoms with van der Waals surface area (Å²) >= 11 is 0. The molecule has 12 N–H and O–H groups in total. The van der Waals surface area contributed by atoms with Crippen LogP contribution in [-0.4, -0.2) is 193 Å². The summed E-state index contributed by atoms with van der Waals surface area (Å²) in [6.07, 6.45) is 60.8. The van der Waals surface area contributed by atoms with Crippen LogP contribution in [0.1, 0.15) is 284 Å². The second kappa shape index (κ2) is 63.4. The Balaban J connectivity index is 1.31. The molecule has 0 aromatic carbocycles. The molecule has 3 rings (SSSR count). The van der Waals surface area contributed by atoms with Gasteiger partial charge < -0.3 is 89.9 Å². The van der Waals surface area contributed by atoms with Gasteiger partial charge in [-0.3, -0.25) is 4.79 Å². The van der Waals surface area contributed by atoms with Gasteiger partial charge in [-0.1, -0.05) is 303 Å². The number of unbranched alkanes of at least 4 members (excludes halogenated alkanes) is 31. The van der Waals surface area contributed by atoms with Crippen LogP contribution in [0.15, 0.2) is 109 Å². The summed E-state index contributed by atoms with van der Waals surface area (Å²) < 4.78 is 34.4. The maximum atomic E-state index is 13.5.